The fraction of sp³-hybridized carbons (Fsp3) is 0.200. The molecule has 0 N–H and O–H groups in total. The first-order valence-electron chi connectivity index (χ1n) is 3.90. The third-order valence-corrected chi connectivity index (χ3v) is 2.82. The van der Waals surface area contributed by atoms with Crippen LogP contribution in [-0.2, 0) is 7.05 Å². The van der Waals surface area contributed by atoms with Crippen LogP contribution in [0.25, 0.3) is 10.9 Å². The number of rotatable bonds is 1. The summed E-state index contributed by atoms with van der Waals surface area (Å²) in [5.41, 5.74) is 1.31. The zero-order chi connectivity index (χ0) is 8.55. The van der Waals surface area contributed by atoms with E-state index in [0.717, 1.165) is 0 Å². The highest BCUT2D eigenvalue weighted by Crippen LogP contribution is 2.21. The Morgan fingerprint density at radius 1 is 1.25 bits per heavy atom. The summed E-state index contributed by atoms with van der Waals surface area (Å²) in [6.07, 6.45) is 4.19. The molecule has 0 aliphatic heterocycles. The number of benzene rings is 1. The summed E-state index contributed by atoms with van der Waals surface area (Å²) in [7, 11) is 2.08. The molecule has 0 fully saturated rings. The van der Waals surface area contributed by atoms with E-state index in [1.54, 1.807) is 11.8 Å². The lowest BCUT2D eigenvalue weighted by Gasteiger charge is -1.98. The van der Waals surface area contributed by atoms with Gasteiger partial charge in [0.1, 0.15) is 0 Å². The van der Waals surface area contributed by atoms with Crippen molar-refractivity contribution >= 4 is 22.7 Å². The Labute approximate surface area is 76.4 Å². The van der Waals surface area contributed by atoms with E-state index in [-0.39, 0.29) is 0 Å². The molecule has 2 rings (SSSR count). The van der Waals surface area contributed by atoms with Gasteiger partial charge in [0.15, 0.2) is 0 Å². The van der Waals surface area contributed by atoms with E-state index in [1.165, 1.54) is 15.8 Å². The summed E-state index contributed by atoms with van der Waals surface area (Å²) in [6.45, 7) is 0. The van der Waals surface area contributed by atoms with Crippen LogP contribution in [0.1, 0.15) is 0 Å². The molecule has 12 heavy (non-hydrogen) atoms. The molecular weight excluding hydrogens is 166 g/mol. The zero-order valence-electron chi connectivity index (χ0n) is 7.24. The fourth-order valence-electron chi connectivity index (χ4n) is 1.37. The number of thioether (sulfide) groups is 1. The highest BCUT2D eigenvalue weighted by Gasteiger charge is 1.97. The van der Waals surface area contributed by atoms with Crippen molar-refractivity contribution in [2.24, 2.45) is 7.05 Å². The van der Waals surface area contributed by atoms with Gasteiger partial charge in [-0.2, -0.15) is 0 Å². The van der Waals surface area contributed by atoms with Crippen molar-refractivity contribution in [3.05, 3.63) is 30.5 Å². The standard InChI is InChI=1S/C10H11NS/c1-11-6-5-8-3-4-9(12-2)7-10(8)11/h3-7H,1-2H3. The normalized spacial score (nSPS) is 10.8. The summed E-state index contributed by atoms with van der Waals surface area (Å²) in [6, 6.07) is 8.69. The van der Waals surface area contributed by atoms with Gasteiger partial charge in [-0.1, -0.05) is 6.07 Å². The van der Waals surface area contributed by atoms with E-state index in [4.69, 9.17) is 0 Å². The van der Waals surface area contributed by atoms with Crippen LogP contribution in [0, 0.1) is 0 Å². The molecule has 0 saturated carbocycles. The van der Waals surface area contributed by atoms with Gasteiger partial charge in [-0.15, -0.1) is 11.8 Å². The summed E-state index contributed by atoms with van der Waals surface area (Å²) in [4.78, 5) is 1.32. The second-order valence-corrected chi connectivity index (χ2v) is 3.73. The minimum absolute atomic E-state index is 1.31. The maximum atomic E-state index is 2.22. The second-order valence-electron chi connectivity index (χ2n) is 2.85. The first kappa shape index (κ1) is 7.74. The number of hydrogen-bond donors (Lipinski definition) is 0. The zero-order valence-corrected chi connectivity index (χ0v) is 8.06. The molecule has 0 aliphatic carbocycles. The fourth-order valence-corrected chi connectivity index (χ4v) is 1.80. The largest absolute Gasteiger partial charge is 0.351 e. The van der Waals surface area contributed by atoms with Crippen molar-refractivity contribution in [2.45, 2.75) is 4.90 Å². The Kier molecular flexibility index (Phi) is 1.85. The van der Waals surface area contributed by atoms with Gasteiger partial charge in [-0.05, 0) is 29.8 Å². The first-order chi connectivity index (χ1) is 5.81. The molecule has 62 valence electrons. The molecule has 0 bridgehead atoms. The van der Waals surface area contributed by atoms with Crippen molar-refractivity contribution in [2.75, 3.05) is 6.26 Å². The lowest BCUT2D eigenvalue weighted by atomic mass is 10.2. The third-order valence-electron chi connectivity index (χ3n) is 2.10. The second kappa shape index (κ2) is 2.87. The molecule has 0 unspecified atom stereocenters. The van der Waals surface area contributed by atoms with E-state index in [2.05, 4.69) is 48.3 Å². The quantitative estimate of drug-likeness (QED) is 0.606. The molecule has 0 radical (unpaired) electrons. The van der Waals surface area contributed by atoms with Gasteiger partial charge in [-0.3, -0.25) is 0 Å². The molecule has 1 aromatic carbocycles. The van der Waals surface area contributed by atoms with Gasteiger partial charge in [0.2, 0.25) is 0 Å². The monoisotopic (exact) mass is 177 g/mol. The van der Waals surface area contributed by atoms with Gasteiger partial charge in [-0.25, -0.2) is 0 Å². The van der Waals surface area contributed by atoms with E-state index in [9.17, 15) is 0 Å². The highest BCUT2D eigenvalue weighted by atomic mass is 32.2. The van der Waals surface area contributed by atoms with E-state index in [1.807, 2.05) is 0 Å². The Hall–Kier alpha value is -0.890. The minimum atomic E-state index is 1.31. The predicted octanol–water partition coefficient (Wildman–Crippen LogP) is 2.90. The maximum absolute atomic E-state index is 2.22. The van der Waals surface area contributed by atoms with Crippen LogP contribution >= 0.6 is 11.8 Å². The summed E-state index contributed by atoms with van der Waals surface area (Å²) >= 11 is 1.78. The van der Waals surface area contributed by atoms with Crippen molar-refractivity contribution in [1.82, 2.24) is 4.57 Å². The highest BCUT2D eigenvalue weighted by molar-refractivity contribution is 7.98. The van der Waals surface area contributed by atoms with Crippen molar-refractivity contribution in [3.8, 4) is 0 Å². The predicted molar refractivity (Wildman–Crippen MR) is 54.7 cm³/mol. The third kappa shape index (κ3) is 1.12. The van der Waals surface area contributed by atoms with Crippen molar-refractivity contribution < 1.29 is 0 Å². The number of fused-ring (bicyclic) bond motifs is 1. The molecule has 0 aliphatic rings. The van der Waals surface area contributed by atoms with Crippen LogP contribution < -0.4 is 0 Å². The van der Waals surface area contributed by atoms with Gasteiger partial charge in [0.05, 0.1) is 0 Å². The van der Waals surface area contributed by atoms with Crippen LogP contribution in [-0.4, -0.2) is 10.8 Å². The van der Waals surface area contributed by atoms with E-state index in [0.29, 0.717) is 0 Å². The van der Waals surface area contributed by atoms with Gasteiger partial charge < -0.3 is 4.57 Å². The van der Waals surface area contributed by atoms with Crippen molar-refractivity contribution in [1.29, 1.82) is 0 Å². The maximum Gasteiger partial charge on any atom is 0.0488 e. The van der Waals surface area contributed by atoms with Crippen LogP contribution in [0.15, 0.2) is 35.4 Å². The summed E-state index contributed by atoms with van der Waals surface area (Å²) in [5, 5.41) is 1.32. The van der Waals surface area contributed by atoms with E-state index < -0.39 is 0 Å². The van der Waals surface area contributed by atoms with Crippen LogP contribution in [0.5, 0.6) is 0 Å². The van der Waals surface area contributed by atoms with Gasteiger partial charge in [0, 0.05) is 23.7 Å². The molecule has 1 aromatic heterocycles. The number of aromatic nitrogens is 1. The average Bonchev–Trinajstić information content (AvgIpc) is 2.47. The van der Waals surface area contributed by atoms with Crippen molar-refractivity contribution in [3.63, 3.8) is 0 Å². The number of hydrogen-bond acceptors (Lipinski definition) is 1. The van der Waals surface area contributed by atoms with E-state index >= 15 is 0 Å². The Morgan fingerprint density at radius 2 is 2.08 bits per heavy atom. The van der Waals surface area contributed by atoms with Crippen LogP contribution in [0.3, 0.4) is 0 Å². The smallest absolute Gasteiger partial charge is 0.0488 e. The molecule has 1 nitrogen and oxygen atoms in total. The Bertz CT molecular complexity index is 403. The molecule has 0 amide bonds. The molecule has 1 heterocycles. The lowest BCUT2D eigenvalue weighted by Crippen LogP contribution is -1.83. The molecule has 2 heteroatoms. The summed E-state index contributed by atoms with van der Waals surface area (Å²) < 4.78 is 2.15. The average molecular weight is 177 g/mol. The summed E-state index contributed by atoms with van der Waals surface area (Å²) in [5.74, 6) is 0. The lowest BCUT2D eigenvalue weighted by molar-refractivity contribution is 0.967. The first-order valence-corrected chi connectivity index (χ1v) is 5.13. The minimum Gasteiger partial charge on any atom is -0.351 e. The van der Waals surface area contributed by atoms with Crippen LogP contribution in [0.2, 0.25) is 0 Å². The molecule has 0 spiro atoms. The Morgan fingerprint density at radius 3 is 2.83 bits per heavy atom. The number of nitrogens with zero attached hydrogens (tertiary/aromatic N) is 1. The van der Waals surface area contributed by atoms with Gasteiger partial charge in [0.25, 0.3) is 0 Å². The van der Waals surface area contributed by atoms with Crippen LogP contribution in [0.4, 0.5) is 0 Å². The number of aryl methyl sites for hydroxylation is 1. The molecule has 0 atom stereocenters. The molecule has 2 aromatic rings. The molecule has 0 saturated heterocycles. The Balaban J connectivity index is 2.71. The SMILES string of the molecule is CSc1ccc2ccn(C)c2c1. The topological polar surface area (TPSA) is 4.93 Å². The van der Waals surface area contributed by atoms with Gasteiger partial charge >= 0.3 is 0 Å². The molecular formula is C10H11NS.